The van der Waals surface area contributed by atoms with E-state index in [4.69, 9.17) is 8.92 Å². The average molecular weight is 618 g/mol. The maximum absolute atomic E-state index is 12.5. The summed E-state index contributed by atoms with van der Waals surface area (Å²) in [4.78, 5) is 22.7. The zero-order valence-electron chi connectivity index (χ0n) is 24.3. The molecule has 2 aliphatic heterocycles. The van der Waals surface area contributed by atoms with Gasteiger partial charge in [-0.2, -0.15) is 13.5 Å². The van der Waals surface area contributed by atoms with E-state index in [-0.39, 0.29) is 23.5 Å². The highest BCUT2D eigenvalue weighted by Crippen LogP contribution is 2.26. The third kappa shape index (κ3) is 5.82. The van der Waals surface area contributed by atoms with Crippen molar-refractivity contribution in [3.63, 3.8) is 0 Å². The van der Waals surface area contributed by atoms with Crippen LogP contribution in [0.4, 0.5) is 11.6 Å². The van der Waals surface area contributed by atoms with Gasteiger partial charge < -0.3 is 14.5 Å². The van der Waals surface area contributed by atoms with Crippen molar-refractivity contribution >= 4 is 33.0 Å². The molecule has 0 spiro atoms. The van der Waals surface area contributed by atoms with Crippen molar-refractivity contribution in [3.05, 3.63) is 60.8 Å². The SMILES string of the molecule is Cc1ccc(S(=O)(=O)OCC2CN(c3cnc(N4CCO[C@H](Cn5nnc6nc(-c7cnn(C)c7)cnc65)C4)nc3)C2)cc1. The Morgan fingerprint density at radius 2 is 1.80 bits per heavy atom. The van der Waals surface area contributed by atoms with E-state index in [9.17, 15) is 8.42 Å². The van der Waals surface area contributed by atoms with Crippen LogP contribution in [-0.4, -0.2) is 98.6 Å². The maximum atomic E-state index is 12.5. The lowest BCUT2D eigenvalue weighted by atomic mass is 10.0. The van der Waals surface area contributed by atoms with Crippen LogP contribution in [0.3, 0.4) is 0 Å². The summed E-state index contributed by atoms with van der Waals surface area (Å²) in [5.74, 6) is 0.727. The molecule has 2 aliphatic rings. The Morgan fingerprint density at radius 3 is 2.55 bits per heavy atom. The Hall–Kier alpha value is -4.54. The molecule has 5 aromatic rings. The number of nitrogens with zero attached hydrogens (tertiary/aromatic N) is 11. The van der Waals surface area contributed by atoms with Gasteiger partial charge in [-0.05, 0) is 19.1 Å². The summed E-state index contributed by atoms with van der Waals surface area (Å²) in [5, 5.41) is 12.7. The highest BCUT2D eigenvalue weighted by atomic mass is 32.2. The fourth-order valence-electron chi connectivity index (χ4n) is 5.27. The highest BCUT2D eigenvalue weighted by Gasteiger charge is 2.30. The number of hydrogen-bond donors (Lipinski definition) is 0. The highest BCUT2D eigenvalue weighted by molar-refractivity contribution is 7.86. The minimum Gasteiger partial charge on any atom is -0.373 e. The molecule has 0 radical (unpaired) electrons. The van der Waals surface area contributed by atoms with Crippen molar-refractivity contribution in [2.24, 2.45) is 13.0 Å². The fourth-order valence-corrected chi connectivity index (χ4v) is 6.24. The molecule has 228 valence electrons. The first-order chi connectivity index (χ1) is 21.3. The van der Waals surface area contributed by atoms with Gasteiger partial charge in [0, 0.05) is 50.9 Å². The first-order valence-electron chi connectivity index (χ1n) is 14.3. The number of anilines is 2. The van der Waals surface area contributed by atoms with Gasteiger partial charge in [-0.25, -0.2) is 24.6 Å². The average Bonchev–Trinajstić information content (AvgIpc) is 3.62. The van der Waals surface area contributed by atoms with Crippen LogP contribution < -0.4 is 9.80 Å². The van der Waals surface area contributed by atoms with E-state index in [0.29, 0.717) is 62.3 Å². The van der Waals surface area contributed by atoms with E-state index in [1.165, 1.54) is 0 Å². The Kier molecular flexibility index (Phi) is 7.39. The number of benzene rings is 1. The summed E-state index contributed by atoms with van der Waals surface area (Å²) in [6.07, 6.45) is 8.74. The molecule has 0 unspecified atom stereocenters. The summed E-state index contributed by atoms with van der Waals surface area (Å²) >= 11 is 0. The number of morpholine rings is 1. The third-order valence-corrected chi connectivity index (χ3v) is 9.04. The number of aryl methyl sites for hydroxylation is 2. The van der Waals surface area contributed by atoms with Gasteiger partial charge in [-0.15, -0.1) is 5.10 Å². The van der Waals surface area contributed by atoms with Crippen molar-refractivity contribution in [1.82, 2.24) is 44.7 Å². The molecule has 44 heavy (non-hydrogen) atoms. The summed E-state index contributed by atoms with van der Waals surface area (Å²) in [7, 11) is -1.92. The predicted molar refractivity (Wildman–Crippen MR) is 159 cm³/mol. The quantitative estimate of drug-likeness (QED) is 0.219. The van der Waals surface area contributed by atoms with Gasteiger partial charge >= 0.3 is 0 Å². The molecule has 0 N–H and O–H groups in total. The molecule has 16 heteroatoms. The largest absolute Gasteiger partial charge is 0.373 e. The second-order valence-corrected chi connectivity index (χ2v) is 12.7. The van der Waals surface area contributed by atoms with Crippen LogP contribution in [0.25, 0.3) is 22.6 Å². The van der Waals surface area contributed by atoms with Crippen LogP contribution in [0.2, 0.25) is 0 Å². The minimum atomic E-state index is -3.77. The molecule has 1 atom stereocenters. The standard InChI is InChI=1S/C28H31N11O4S/c1-19-3-5-24(6-4-19)44(40,41)43-18-20-13-38(14-20)22-10-30-28(31-11-22)37-7-8-42-23(16-37)17-39-27-26(34-35-39)33-25(12-29-27)21-9-32-36(2)15-21/h3-6,9-12,15,20,23H,7-8,13-14,16-18H2,1-2H3/t23-/m0/s1. The molecule has 0 bridgehead atoms. The second-order valence-electron chi connectivity index (χ2n) is 11.1. The van der Waals surface area contributed by atoms with Gasteiger partial charge in [-0.3, -0.25) is 8.86 Å². The van der Waals surface area contributed by atoms with Crippen LogP contribution in [-0.2, 0) is 32.6 Å². The fraction of sp³-hybridized carbons (Fsp3) is 0.393. The van der Waals surface area contributed by atoms with Crippen LogP contribution >= 0.6 is 0 Å². The predicted octanol–water partition coefficient (Wildman–Crippen LogP) is 1.47. The third-order valence-electron chi connectivity index (χ3n) is 7.74. The number of hydrogen-bond acceptors (Lipinski definition) is 13. The van der Waals surface area contributed by atoms with Gasteiger partial charge in [0.05, 0.1) is 66.9 Å². The summed E-state index contributed by atoms with van der Waals surface area (Å²) < 4.78 is 39.7. The summed E-state index contributed by atoms with van der Waals surface area (Å²) in [5.41, 5.74) is 4.48. The second kappa shape index (κ2) is 11.5. The number of rotatable bonds is 9. The molecule has 2 fully saturated rings. The Morgan fingerprint density at radius 1 is 1.00 bits per heavy atom. The molecule has 2 saturated heterocycles. The van der Waals surface area contributed by atoms with Crippen molar-refractivity contribution < 1.29 is 17.3 Å². The molecule has 6 heterocycles. The molecule has 4 aromatic heterocycles. The maximum Gasteiger partial charge on any atom is 0.296 e. The van der Waals surface area contributed by atoms with Crippen molar-refractivity contribution in [2.75, 3.05) is 49.2 Å². The smallest absolute Gasteiger partial charge is 0.296 e. The Bertz CT molecular complexity index is 1870. The minimum absolute atomic E-state index is 0.106. The molecular formula is C28H31N11O4S. The van der Waals surface area contributed by atoms with Gasteiger partial charge in [-0.1, -0.05) is 22.9 Å². The lowest BCUT2D eigenvalue weighted by molar-refractivity contribution is 0.0272. The van der Waals surface area contributed by atoms with E-state index in [1.54, 1.807) is 58.4 Å². The van der Waals surface area contributed by atoms with E-state index in [1.807, 2.05) is 20.2 Å². The van der Waals surface area contributed by atoms with Gasteiger partial charge in [0.1, 0.15) is 0 Å². The molecule has 1 aromatic carbocycles. The van der Waals surface area contributed by atoms with Gasteiger partial charge in [0.25, 0.3) is 10.1 Å². The van der Waals surface area contributed by atoms with E-state index in [2.05, 4.69) is 45.1 Å². The van der Waals surface area contributed by atoms with Crippen LogP contribution in [0.1, 0.15) is 5.56 Å². The number of ether oxygens (including phenoxy) is 1. The zero-order chi connectivity index (χ0) is 30.3. The zero-order valence-corrected chi connectivity index (χ0v) is 25.1. The Labute approximate surface area is 253 Å². The summed E-state index contributed by atoms with van der Waals surface area (Å²) in [6, 6.07) is 6.65. The molecular weight excluding hydrogens is 586 g/mol. The lowest BCUT2D eigenvalue weighted by Gasteiger charge is -2.40. The number of aromatic nitrogens is 9. The van der Waals surface area contributed by atoms with Crippen molar-refractivity contribution in [2.45, 2.75) is 24.5 Å². The molecule has 0 saturated carbocycles. The first kappa shape index (κ1) is 28.2. The Balaban J connectivity index is 0.922. The van der Waals surface area contributed by atoms with Crippen molar-refractivity contribution in [1.29, 1.82) is 0 Å². The molecule has 7 rings (SSSR count). The first-order valence-corrected chi connectivity index (χ1v) is 15.7. The van der Waals surface area contributed by atoms with E-state index in [0.717, 1.165) is 16.8 Å². The lowest BCUT2D eigenvalue weighted by Crippen LogP contribution is -2.49. The van der Waals surface area contributed by atoms with E-state index < -0.39 is 10.1 Å². The van der Waals surface area contributed by atoms with Gasteiger partial charge in [0.15, 0.2) is 5.65 Å². The van der Waals surface area contributed by atoms with Crippen molar-refractivity contribution in [3.8, 4) is 11.3 Å². The van der Waals surface area contributed by atoms with E-state index >= 15 is 0 Å². The van der Waals surface area contributed by atoms with Crippen LogP contribution in [0.15, 0.2) is 60.1 Å². The molecule has 15 nitrogen and oxygen atoms in total. The molecule has 0 aliphatic carbocycles. The topological polar surface area (TPSA) is 159 Å². The van der Waals surface area contributed by atoms with Gasteiger partial charge in [0.2, 0.25) is 11.6 Å². The normalized spacial score (nSPS) is 17.7. The van der Waals surface area contributed by atoms with Crippen LogP contribution in [0.5, 0.6) is 0 Å². The number of fused-ring (bicyclic) bond motifs is 1. The van der Waals surface area contributed by atoms with Crippen LogP contribution in [0, 0.1) is 12.8 Å². The molecule has 0 amide bonds. The monoisotopic (exact) mass is 617 g/mol. The summed E-state index contributed by atoms with van der Waals surface area (Å²) in [6.45, 7) is 5.63.